The highest BCUT2D eigenvalue weighted by molar-refractivity contribution is 5.73. The Morgan fingerprint density at radius 2 is 1.71 bits per heavy atom. The van der Waals surface area contributed by atoms with Gasteiger partial charge in [-0.25, -0.2) is 15.0 Å². The minimum Gasteiger partial charge on any atom is -0.333 e. The van der Waals surface area contributed by atoms with Crippen molar-refractivity contribution in [1.29, 1.82) is 0 Å². The Bertz CT molecular complexity index is 1770. The van der Waals surface area contributed by atoms with Crippen LogP contribution in [0.2, 0.25) is 0 Å². The first-order valence-electron chi connectivity index (χ1n) is 11.8. The van der Waals surface area contributed by atoms with Crippen LogP contribution in [-0.4, -0.2) is 29.1 Å². The molecule has 0 fully saturated rings. The van der Waals surface area contributed by atoms with Crippen LogP contribution >= 0.6 is 0 Å². The average molecular weight is 521 g/mol. The van der Waals surface area contributed by atoms with Crippen molar-refractivity contribution < 1.29 is 13.2 Å². The smallest absolute Gasteiger partial charge is 0.333 e. The fourth-order valence-corrected chi connectivity index (χ4v) is 4.35. The number of H-pyrrole nitrogens is 1. The van der Waals surface area contributed by atoms with Crippen molar-refractivity contribution in [2.24, 2.45) is 7.05 Å². The first-order chi connectivity index (χ1) is 18.0. The summed E-state index contributed by atoms with van der Waals surface area (Å²) in [6, 6.07) is 14.3. The number of nitrogens with zero attached hydrogens (tertiary/aromatic N) is 5. The molecule has 8 nitrogen and oxygen atoms in total. The number of hydrogen-bond donors (Lipinski definition) is 1. The van der Waals surface area contributed by atoms with Gasteiger partial charge in [0, 0.05) is 24.4 Å². The Balaban J connectivity index is 1.55. The van der Waals surface area contributed by atoms with Crippen molar-refractivity contribution in [3.63, 3.8) is 0 Å². The predicted molar refractivity (Wildman–Crippen MR) is 137 cm³/mol. The fraction of sp³-hybridized carbons (Fsp3) is 0.222. The summed E-state index contributed by atoms with van der Waals surface area (Å²) in [7, 11) is 1.49. The van der Waals surface area contributed by atoms with Crippen LogP contribution in [0.1, 0.15) is 36.6 Å². The summed E-state index contributed by atoms with van der Waals surface area (Å²) < 4.78 is 41.7. The third-order valence-electron chi connectivity index (χ3n) is 6.26. The van der Waals surface area contributed by atoms with Crippen LogP contribution in [0.3, 0.4) is 0 Å². The third-order valence-corrected chi connectivity index (χ3v) is 6.26. The summed E-state index contributed by atoms with van der Waals surface area (Å²) in [6.07, 6.45) is -2.14. The summed E-state index contributed by atoms with van der Waals surface area (Å²) in [4.78, 5) is 40.6. The topological polar surface area (TPSA) is 98.5 Å². The zero-order chi connectivity index (χ0) is 27.2. The largest absolute Gasteiger partial charge is 0.434 e. The molecule has 0 amide bonds. The molecule has 0 saturated heterocycles. The molecule has 3 heterocycles. The van der Waals surface area contributed by atoms with E-state index in [1.165, 1.54) is 22.4 Å². The lowest BCUT2D eigenvalue weighted by Gasteiger charge is -2.13. The van der Waals surface area contributed by atoms with E-state index >= 15 is 0 Å². The van der Waals surface area contributed by atoms with Gasteiger partial charge in [-0.05, 0) is 17.0 Å². The van der Waals surface area contributed by atoms with Crippen LogP contribution < -0.4 is 11.1 Å². The lowest BCUT2D eigenvalue weighted by Crippen LogP contribution is -2.37. The molecule has 38 heavy (non-hydrogen) atoms. The van der Waals surface area contributed by atoms with E-state index in [9.17, 15) is 22.8 Å². The molecule has 5 aromatic rings. The molecule has 0 bridgehead atoms. The summed E-state index contributed by atoms with van der Waals surface area (Å²) in [5.74, 6) is 0.796. The Morgan fingerprint density at radius 1 is 1.00 bits per heavy atom. The molecule has 0 unspecified atom stereocenters. The predicted octanol–water partition coefficient (Wildman–Crippen LogP) is 4.74. The van der Waals surface area contributed by atoms with E-state index in [-0.39, 0.29) is 23.9 Å². The number of benzene rings is 2. The van der Waals surface area contributed by atoms with Gasteiger partial charge in [0.25, 0.3) is 0 Å². The van der Waals surface area contributed by atoms with Gasteiger partial charge in [-0.15, -0.1) is 0 Å². The lowest BCUT2D eigenvalue weighted by molar-refractivity contribution is -0.140. The fourth-order valence-electron chi connectivity index (χ4n) is 4.35. The van der Waals surface area contributed by atoms with Crippen LogP contribution in [0.15, 0.2) is 70.5 Å². The van der Waals surface area contributed by atoms with E-state index in [2.05, 4.69) is 33.8 Å². The van der Waals surface area contributed by atoms with Crippen molar-refractivity contribution in [3.8, 4) is 22.8 Å². The highest BCUT2D eigenvalue weighted by Gasteiger charge is 2.34. The zero-order valence-electron chi connectivity index (χ0n) is 20.7. The molecule has 0 aliphatic heterocycles. The molecule has 0 radical (unpaired) electrons. The molecular formula is C27H23F3N6O2. The highest BCUT2D eigenvalue weighted by atomic mass is 19.4. The molecule has 5 rings (SSSR count). The van der Waals surface area contributed by atoms with E-state index in [0.29, 0.717) is 22.5 Å². The van der Waals surface area contributed by atoms with Crippen molar-refractivity contribution >= 4 is 11.2 Å². The van der Waals surface area contributed by atoms with Crippen LogP contribution in [0.25, 0.3) is 33.9 Å². The normalized spacial score (nSPS) is 12.0. The van der Waals surface area contributed by atoms with Gasteiger partial charge in [-0.3, -0.25) is 14.2 Å². The van der Waals surface area contributed by atoms with Crippen molar-refractivity contribution in [1.82, 2.24) is 29.1 Å². The minimum absolute atomic E-state index is 0.0240. The molecule has 0 aliphatic carbocycles. The van der Waals surface area contributed by atoms with E-state index in [1.807, 2.05) is 24.3 Å². The number of alkyl halides is 3. The van der Waals surface area contributed by atoms with Gasteiger partial charge >= 0.3 is 17.3 Å². The van der Waals surface area contributed by atoms with Gasteiger partial charge in [-0.1, -0.05) is 62.4 Å². The van der Waals surface area contributed by atoms with Crippen LogP contribution in [-0.2, 0) is 19.8 Å². The van der Waals surface area contributed by atoms with E-state index in [0.717, 1.165) is 17.3 Å². The zero-order valence-corrected chi connectivity index (χ0v) is 20.7. The van der Waals surface area contributed by atoms with E-state index in [1.54, 1.807) is 24.3 Å². The molecule has 0 aliphatic rings. The quantitative estimate of drug-likeness (QED) is 0.338. The summed E-state index contributed by atoms with van der Waals surface area (Å²) in [6.45, 7) is 4.15. The molecule has 1 N–H and O–H groups in total. The maximum absolute atomic E-state index is 13.1. The monoisotopic (exact) mass is 520 g/mol. The van der Waals surface area contributed by atoms with Crippen LogP contribution in [0, 0.1) is 0 Å². The Labute approximate surface area is 214 Å². The Hall–Kier alpha value is -4.54. The number of aromatic amines is 1. The molecular weight excluding hydrogens is 497 g/mol. The summed E-state index contributed by atoms with van der Waals surface area (Å²) in [5, 5.41) is 0. The first kappa shape index (κ1) is 25.1. The number of halogens is 3. The van der Waals surface area contributed by atoms with Gasteiger partial charge < -0.3 is 9.55 Å². The Morgan fingerprint density at radius 3 is 2.37 bits per heavy atom. The minimum atomic E-state index is -4.55. The van der Waals surface area contributed by atoms with Crippen molar-refractivity contribution in [2.45, 2.75) is 32.5 Å². The molecule has 2 aromatic carbocycles. The number of aryl methyl sites for hydroxylation is 1. The molecule has 0 spiro atoms. The number of nitrogens with one attached hydrogen (secondary N) is 1. The second-order valence-electron chi connectivity index (χ2n) is 9.27. The number of hydrogen-bond acceptors (Lipinski definition) is 5. The van der Waals surface area contributed by atoms with Crippen LogP contribution in [0.5, 0.6) is 0 Å². The summed E-state index contributed by atoms with van der Waals surface area (Å²) in [5.41, 5.74) is 1.01. The average Bonchev–Trinajstić information content (AvgIpc) is 3.29. The van der Waals surface area contributed by atoms with Gasteiger partial charge in [0.05, 0.1) is 12.7 Å². The van der Waals surface area contributed by atoms with Crippen LogP contribution in [0.4, 0.5) is 13.2 Å². The molecule has 0 saturated carbocycles. The second-order valence-corrected chi connectivity index (χ2v) is 9.27. The van der Waals surface area contributed by atoms with Gasteiger partial charge in [-0.2, -0.15) is 13.2 Å². The number of imidazole rings is 1. The van der Waals surface area contributed by atoms with Crippen molar-refractivity contribution in [2.75, 3.05) is 0 Å². The van der Waals surface area contributed by atoms with E-state index < -0.39 is 23.0 Å². The van der Waals surface area contributed by atoms with Gasteiger partial charge in [0.1, 0.15) is 11.3 Å². The Kier molecular flexibility index (Phi) is 6.22. The molecule has 0 atom stereocenters. The second kappa shape index (κ2) is 9.40. The maximum Gasteiger partial charge on any atom is 0.434 e. The third kappa shape index (κ3) is 4.62. The van der Waals surface area contributed by atoms with Gasteiger partial charge in [0.15, 0.2) is 17.2 Å². The summed E-state index contributed by atoms with van der Waals surface area (Å²) >= 11 is 0. The number of aromatic nitrogens is 6. The van der Waals surface area contributed by atoms with Crippen molar-refractivity contribution in [3.05, 3.63) is 98.5 Å². The molecule has 194 valence electrons. The molecule has 3 aromatic heterocycles. The SMILES string of the molecule is CC(C)c1ccccc1-c1ncc2[nH]c(=O)c(=O)n(Cc3ccc(-c4nc(C(F)(F)F)cn4C)cc3)c2n1. The standard InChI is InChI=1S/C27H23F3N6O2/c1-15(2)18-6-4-5-7-19(18)22-31-12-20-24(34-22)36(26(38)25(37)32-20)13-16-8-10-17(11-9-16)23-33-21(14-35(23)3)27(28,29)30/h4-12,14-15H,13H2,1-3H3,(H,32,37). The highest BCUT2D eigenvalue weighted by Crippen LogP contribution is 2.31. The number of fused-ring (bicyclic) bond motifs is 1. The van der Waals surface area contributed by atoms with Gasteiger partial charge in [0.2, 0.25) is 0 Å². The molecule has 11 heteroatoms. The first-order valence-corrected chi connectivity index (χ1v) is 11.8. The maximum atomic E-state index is 13.1. The lowest BCUT2D eigenvalue weighted by atomic mass is 9.97. The number of rotatable bonds is 5. The van der Waals surface area contributed by atoms with E-state index in [4.69, 9.17) is 0 Å².